The third-order valence-corrected chi connectivity index (χ3v) is 8.55. The molecule has 4 aliphatic rings. The highest BCUT2D eigenvalue weighted by Gasteiger charge is 2.51. The van der Waals surface area contributed by atoms with E-state index in [0.29, 0.717) is 5.02 Å². The molecule has 2 aromatic rings. The van der Waals surface area contributed by atoms with Gasteiger partial charge in [0.15, 0.2) is 11.0 Å². The van der Waals surface area contributed by atoms with E-state index in [4.69, 9.17) is 11.6 Å². The molecule has 4 saturated carbocycles. The number of hydrogen-bond donors (Lipinski definition) is 1. The van der Waals surface area contributed by atoms with Crippen molar-refractivity contribution in [3.8, 4) is 11.4 Å². The summed E-state index contributed by atoms with van der Waals surface area (Å²) < 4.78 is 2.07. The smallest absolute Gasteiger partial charge is 0.233 e. The summed E-state index contributed by atoms with van der Waals surface area (Å²) in [7, 11) is 0. The molecule has 1 atom stereocenters. The zero-order chi connectivity index (χ0) is 20.9. The molecule has 4 fully saturated rings. The van der Waals surface area contributed by atoms with Crippen LogP contribution >= 0.6 is 23.4 Å². The van der Waals surface area contributed by atoms with Crippen LogP contribution in [0.1, 0.15) is 52.4 Å². The molecule has 0 saturated heterocycles. The van der Waals surface area contributed by atoms with E-state index in [9.17, 15) is 4.79 Å². The van der Waals surface area contributed by atoms with Crippen molar-refractivity contribution in [1.29, 1.82) is 0 Å². The largest absolute Gasteiger partial charge is 0.350 e. The van der Waals surface area contributed by atoms with Crippen LogP contribution in [0.4, 0.5) is 0 Å². The molecular formula is C23H29ClN4OS. The number of nitrogens with zero attached hydrogens (tertiary/aromatic N) is 3. The van der Waals surface area contributed by atoms with Crippen molar-refractivity contribution in [2.45, 2.75) is 74.9 Å². The summed E-state index contributed by atoms with van der Waals surface area (Å²) in [5, 5.41) is 13.6. The first-order valence-electron chi connectivity index (χ1n) is 11.1. The quantitative estimate of drug-likeness (QED) is 0.623. The second-order valence-corrected chi connectivity index (χ2v) is 11.2. The Morgan fingerprint density at radius 2 is 1.77 bits per heavy atom. The van der Waals surface area contributed by atoms with E-state index in [1.807, 2.05) is 31.2 Å². The molecule has 1 heterocycles. The van der Waals surface area contributed by atoms with Crippen molar-refractivity contribution in [3.63, 3.8) is 0 Å². The maximum absolute atomic E-state index is 13.1. The van der Waals surface area contributed by atoms with Gasteiger partial charge < -0.3 is 9.88 Å². The average molecular weight is 445 g/mol. The van der Waals surface area contributed by atoms with Crippen LogP contribution in [-0.2, 0) is 11.3 Å². The minimum Gasteiger partial charge on any atom is -0.350 e. The first-order chi connectivity index (χ1) is 14.4. The molecule has 0 radical (unpaired) electrons. The van der Waals surface area contributed by atoms with E-state index < -0.39 is 0 Å². The number of benzene rings is 1. The van der Waals surface area contributed by atoms with Crippen LogP contribution in [-0.4, -0.2) is 31.5 Å². The van der Waals surface area contributed by atoms with Crippen molar-refractivity contribution >= 4 is 29.3 Å². The zero-order valence-corrected chi connectivity index (χ0v) is 19.2. The van der Waals surface area contributed by atoms with Crippen LogP contribution in [0.2, 0.25) is 5.02 Å². The van der Waals surface area contributed by atoms with Gasteiger partial charge in [0, 0.05) is 22.7 Å². The van der Waals surface area contributed by atoms with Crippen LogP contribution in [0.15, 0.2) is 29.4 Å². The van der Waals surface area contributed by atoms with E-state index >= 15 is 0 Å². The van der Waals surface area contributed by atoms with Gasteiger partial charge in [0.1, 0.15) is 0 Å². The number of aromatic nitrogens is 3. The van der Waals surface area contributed by atoms with Crippen LogP contribution in [0.25, 0.3) is 11.4 Å². The molecule has 1 unspecified atom stereocenters. The molecule has 0 aliphatic heterocycles. The molecule has 1 aromatic carbocycles. The Bertz CT molecular complexity index is 906. The Balaban J connectivity index is 1.29. The summed E-state index contributed by atoms with van der Waals surface area (Å²) in [5.74, 6) is 3.42. The molecule has 7 heteroatoms. The third kappa shape index (κ3) is 3.77. The fourth-order valence-corrected chi connectivity index (χ4v) is 7.35. The number of carbonyl (C=O) groups excluding carboxylic acids is 1. The maximum Gasteiger partial charge on any atom is 0.233 e. The fraction of sp³-hybridized carbons (Fsp3) is 0.609. The van der Waals surface area contributed by atoms with E-state index in [-0.39, 0.29) is 16.7 Å². The molecule has 6 rings (SSSR count). The number of halogens is 1. The highest BCUT2D eigenvalue weighted by Crippen LogP contribution is 2.55. The second-order valence-electron chi connectivity index (χ2n) is 9.50. The number of rotatable bonds is 6. The van der Waals surface area contributed by atoms with Crippen molar-refractivity contribution in [3.05, 3.63) is 29.3 Å². The summed E-state index contributed by atoms with van der Waals surface area (Å²) in [4.78, 5) is 13.1. The average Bonchev–Trinajstić information content (AvgIpc) is 3.09. The lowest BCUT2D eigenvalue weighted by Crippen LogP contribution is -2.60. The molecule has 1 N–H and O–H groups in total. The fourth-order valence-electron chi connectivity index (χ4n) is 6.31. The van der Waals surface area contributed by atoms with Crippen molar-refractivity contribution < 1.29 is 4.79 Å². The highest BCUT2D eigenvalue weighted by molar-refractivity contribution is 8.00. The summed E-state index contributed by atoms with van der Waals surface area (Å²) in [6, 6.07) is 7.63. The molecule has 4 bridgehead atoms. The Morgan fingerprint density at radius 1 is 1.17 bits per heavy atom. The second kappa shape index (κ2) is 7.86. The van der Waals surface area contributed by atoms with Crippen LogP contribution in [0.3, 0.4) is 0 Å². The predicted octanol–water partition coefficient (Wildman–Crippen LogP) is 5.18. The van der Waals surface area contributed by atoms with Crippen molar-refractivity contribution in [1.82, 2.24) is 20.1 Å². The van der Waals surface area contributed by atoms with Crippen molar-refractivity contribution in [2.75, 3.05) is 0 Å². The lowest BCUT2D eigenvalue weighted by Gasteiger charge is -2.57. The molecule has 160 valence electrons. The van der Waals surface area contributed by atoms with Crippen molar-refractivity contribution in [2.24, 2.45) is 17.8 Å². The van der Waals surface area contributed by atoms with Crippen LogP contribution < -0.4 is 5.32 Å². The van der Waals surface area contributed by atoms with Gasteiger partial charge in [-0.2, -0.15) is 0 Å². The summed E-state index contributed by atoms with van der Waals surface area (Å²) >= 11 is 7.52. The topological polar surface area (TPSA) is 59.8 Å². The monoisotopic (exact) mass is 444 g/mol. The molecule has 1 amide bonds. The van der Waals surface area contributed by atoms with Gasteiger partial charge in [-0.1, -0.05) is 23.4 Å². The van der Waals surface area contributed by atoms with Gasteiger partial charge in [0.05, 0.1) is 5.25 Å². The molecular weight excluding hydrogens is 416 g/mol. The van der Waals surface area contributed by atoms with Gasteiger partial charge in [0.2, 0.25) is 5.91 Å². The lowest BCUT2D eigenvalue weighted by atomic mass is 9.53. The Labute approximate surface area is 187 Å². The maximum atomic E-state index is 13.1. The SMILES string of the molecule is CCn1c(SC(C)C(=O)NC23CC4CC(CC(C4)C2)C3)nnc1-c1ccc(Cl)cc1. The van der Waals surface area contributed by atoms with Gasteiger partial charge >= 0.3 is 0 Å². The number of carbonyl (C=O) groups is 1. The lowest BCUT2D eigenvalue weighted by molar-refractivity contribution is -0.126. The first-order valence-corrected chi connectivity index (χ1v) is 12.4. The number of amides is 1. The summed E-state index contributed by atoms with van der Waals surface area (Å²) in [5.41, 5.74) is 1.03. The normalized spacial score (nSPS) is 30.4. The Morgan fingerprint density at radius 3 is 2.33 bits per heavy atom. The molecule has 5 nitrogen and oxygen atoms in total. The predicted molar refractivity (Wildman–Crippen MR) is 121 cm³/mol. The summed E-state index contributed by atoms with van der Waals surface area (Å²) in [6.07, 6.45) is 7.67. The molecule has 0 spiro atoms. The van der Waals surface area contributed by atoms with E-state index in [1.54, 1.807) is 0 Å². The summed E-state index contributed by atoms with van der Waals surface area (Å²) in [6.45, 7) is 4.81. The van der Waals surface area contributed by atoms with Gasteiger partial charge in [-0.3, -0.25) is 4.79 Å². The third-order valence-electron chi connectivity index (χ3n) is 7.21. The first kappa shape index (κ1) is 20.4. The number of hydrogen-bond acceptors (Lipinski definition) is 4. The molecule has 1 aromatic heterocycles. The van der Waals surface area contributed by atoms with Gasteiger partial charge in [0.25, 0.3) is 0 Å². The minimum atomic E-state index is -0.203. The van der Waals surface area contributed by atoms with E-state index in [0.717, 1.165) is 40.8 Å². The Hall–Kier alpha value is -1.53. The number of nitrogens with one attached hydrogen (secondary N) is 1. The van der Waals surface area contributed by atoms with E-state index in [2.05, 4.69) is 27.0 Å². The molecule has 30 heavy (non-hydrogen) atoms. The van der Waals surface area contributed by atoms with Gasteiger partial charge in [-0.15, -0.1) is 10.2 Å². The molecule has 4 aliphatic carbocycles. The minimum absolute atomic E-state index is 0.0492. The van der Waals surface area contributed by atoms with Crippen LogP contribution in [0, 0.1) is 17.8 Å². The zero-order valence-electron chi connectivity index (χ0n) is 17.6. The van der Waals surface area contributed by atoms with Gasteiger partial charge in [-0.05, 0) is 94.4 Å². The standard InChI is InChI=1S/C23H29ClN4OS/c1-3-28-20(18-4-6-19(24)7-5-18)26-27-22(28)30-14(2)21(29)25-23-11-15-8-16(12-23)10-17(9-15)13-23/h4-7,14-17H,3,8-13H2,1-2H3,(H,25,29). The van der Waals surface area contributed by atoms with Crippen LogP contribution in [0.5, 0.6) is 0 Å². The van der Waals surface area contributed by atoms with E-state index in [1.165, 1.54) is 50.3 Å². The highest BCUT2D eigenvalue weighted by atomic mass is 35.5. The number of thioether (sulfide) groups is 1. The van der Waals surface area contributed by atoms with Gasteiger partial charge in [-0.25, -0.2) is 0 Å². The Kier molecular flexibility index (Phi) is 5.34.